The maximum atomic E-state index is 4.15. The molecule has 0 aliphatic carbocycles. The molecule has 12 heavy (non-hydrogen) atoms. The van der Waals surface area contributed by atoms with Crippen LogP contribution in [0, 0.1) is 11.8 Å². The van der Waals surface area contributed by atoms with Gasteiger partial charge in [-0.25, -0.2) is 0 Å². The van der Waals surface area contributed by atoms with Crippen LogP contribution >= 0.6 is 0 Å². The number of hydrogen-bond acceptors (Lipinski definition) is 1. The van der Waals surface area contributed by atoms with Crippen LogP contribution in [0.3, 0.4) is 0 Å². The fourth-order valence-corrected chi connectivity index (χ4v) is 1.83. The van der Waals surface area contributed by atoms with E-state index in [9.17, 15) is 0 Å². The average molecular weight is 167 g/mol. The Labute approximate surface area is 76.5 Å². The molecular formula is C11H21N. The van der Waals surface area contributed by atoms with Crippen LogP contribution in [0.1, 0.15) is 34.1 Å². The van der Waals surface area contributed by atoms with Crippen LogP contribution in [-0.4, -0.2) is 17.5 Å². The molecule has 70 valence electrons. The standard InChI is InChI=1S/C11H21N/c1-8(2)10(4)12-7-6-9(3)11(12)5/h8-9,11H,4,6-7H2,1-3,5H3. The minimum Gasteiger partial charge on any atom is -0.372 e. The first kappa shape index (κ1) is 9.63. The van der Waals surface area contributed by atoms with Crippen molar-refractivity contribution in [3.63, 3.8) is 0 Å². The van der Waals surface area contributed by atoms with Crippen molar-refractivity contribution in [1.82, 2.24) is 4.90 Å². The minimum absolute atomic E-state index is 0.595. The molecule has 0 N–H and O–H groups in total. The van der Waals surface area contributed by atoms with Gasteiger partial charge in [-0.1, -0.05) is 27.4 Å². The van der Waals surface area contributed by atoms with E-state index in [4.69, 9.17) is 0 Å². The summed E-state index contributed by atoms with van der Waals surface area (Å²) < 4.78 is 0. The Kier molecular flexibility index (Phi) is 2.81. The third-order valence-corrected chi connectivity index (χ3v) is 3.18. The molecule has 0 aromatic rings. The molecule has 0 aromatic carbocycles. The first-order chi connectivity index (χ1) is 5.54. The Bertz CT molecular complexity index is 172. The highest BCUT2D eigenvalue weighted by atomic mass is 15.2. The van der Waals surface area contributed by atoms with Gasteiger partial charge in [0.1, 0.15) is 0 Å². The molecule has 1 aliphatic heterocycles. The lowest BCUT2D eigenvalue weighted by Crippen LogP contribution is -2.30. The predicted molar refractivity (Wildman–Crippen MR) is 53.9 cm³/mol. The van der Waals surface area contributed by atoms with E-state index in [0.717, 1.165) is 5.92 Å². The van der Waals surface area contributed by atoms with E-state index in [1.54, 1.807) is 0 Å². The number of nitrogens with zero attached hydrogens (tertiary/aromatic N) is 1. The van der Waals surface area contributed by atoms with Crippen LogP contribution in [0.15, 0.2) is 12.3 Å². The van der Waals surface area contributed by atoms with Crippen LogP contribution in [-0.2, 0) is 0 Å². The van der Waals surface area contributed by atoms with Gasteiger partial charge in [0.05, 0.1) is 0 Å². The third kappa shape index (κ3) is 1.65. The molecule has 0 bridgehead atoms. The van der Waals surface area contributed by atoms with Gasteiger partial charge in [0.2, 0.25) is 0 Å². The zero-order valence-corrected chi connectivity index (χ0v) is 8.80. The number of allylic oxidation sites excluding steroid dienone is 1. The van der Waals surface area contributed by atoms with Gasteiger partial charge in [-0.3, -0.25) is 0 Å². The molecule has 1 saturated heterocycles. The number of likely N-dealkylation sites (tertiary alicyclic amines) is 1. The van der Waals surface area contributed by atoms with Crippen molar-refractivity contribution in [3.05, 3.63) is 12.3 Å². The van der Waals surface area contributed by atoms with E-state index in [0.29, 0.717) is 12.0 Å². The van der Waals surface area contributed by atoms with Crippen LogP contribution in [0.5, 0.6) is 0 Å². The maximum Gasteiger partial charge on any atom is 0.0284 e. The second-order valence-electron chi connectivity index (χ2n) is 4.35. The summed E-state index contributed by atoms with van der Waals surface area (Å²) in [6, 6.07) is 0.694. The fraction of sp³-hybridized carbons (Fsp3) is 0.818. The first-order valence-corrected chi connectivity index (χ1v) is 4.99. The fourth-order valence-electron chi connectivity index (χ4n) is 1.83. The van der Waals surface area contributed by atoms with Crippen molar-refractivity contribution in [2.45, 2.75) is 40.2 Å². The largest absolute Gasteiger partial charge is 0.372 e. The van der Waals surface area contributed by atoms with Crippen molar-refractivity contribution >= 4 is 0 Å². The molecule has 1 rings (SSSR count). The second kappa shape index (κ2) is 3.51. The summed E-state index contributed by atoms with van der Waals surface area (Å²) in [4.78, 5) is 2.47. The summed E-state index contributed by atoms with van der Waals surface area (Å²) in [6.07, 6.45) is 1.33. The van der Waals surface area contributed by atoms with Crippen molar-refractivity contribution < 1.29 is 0 Å². The lowest BCUT2D eigenvalue weighted by Gasteiger charge is -2.29. The van der Waals surface area contributed by atoms with Crippen LogP contribution in [0.2, 0.25) is 0 Å². The highest BCUT2D eigenvalue weighted by molar-refractivity contribution is 5.02. The van der Waals surface area contributed by atoms with Gasteiger partial charge in [-0.05, 0) is 25.2 Å². The molecule has 1 fully saturated rings. The van der Waals surface area contributed by atoms with Gasteiger partial charge in [0.15, 0.2) is 0 Å². The minimum atomic E-state index is 0.595. The monoisotopic (exact) mass is 167 g/mol. The molecule has 2 unspecified atom stereocenters. The van der Waals surface area contributed by atoms with E-state index in [1.165, 1.54) is 18.7 Å². The lowest BCUT2D eigenvalue weighted by atomic mass is 10.0. The van der Waals surface area contributed by atoms with E-state index in [2.05, 4.69) is 39.2 Å². The molecule has 2 atom stereocenters. The second-order valence-corrected chi connectivity index (χ2v) is 4.35. The molecule has 1 heterocycles. The highest BCUT2D eigenvalue weighted by Gasteiger charge is 2.28. The molecule has 1 aliphatic rings. The molecule has 0 radical (unpaired) electrons. The Hall–Kier alpha value is -0.460. The zero-order valence-electron chi connectivity index (χ0n) is 8.80. The van der Waals surface area contributed by atoms with Crippen LogP contribution in [0.25, 0.3) is 0 Å². The van der Waals surface area contributed by atoms with E-state index >= 15 is 0 Å². The van der Waals surface area contributed by atoms with Gasteiger partial charge in [0.25, 0.3) is 0 Å². The van der Waals surface area contributed by atoms with Crippen molar-refractivity contribution in [2.75, 3.05) is 6.54 Å². The molecular weight excluding hydrogens is 146 g/mol. The summed E-state index contributed by atoms with van der Waals surface area (Å²) in [5, 5.41) is 0. The first-order valence-electron chi connectivity index (χ1n) is 4.99. The molecule has 0 saturated carbocycles. The van der Waals surface area contributed by atoms with Gasteiger partial charge in [0, 0.05) is 18.3 Å². The van der Waals surface area contributed by atoms with Crippen LogP contribution < -0.4 is 0 Å². The normalized spacial score (nSPS) is 29.9. The average Bonchev–Trinajstić information content (AvgIpc) is 2.32. The summed E-state index contributed by atoms with van der Waals surface area (Å²) in [5.74, 6) is 1.43. The molecule has 0 amide bonds. The summed E-state index contributed by atoms with van der Waals surface area (Å²) >= 11 is 0. The van der Waals surface area contributed by atoms with Crippen molar-refractivity contribution in [3.8, 4) is 0 Å². The Morgan fingerprint density at radius 3 is 2.33 bits per heavy atom. The molecule has 1 heteroatoms. The molecule has 1 nitrogen and oxygen atoms in total. The quantitative estimate of drug-likeness (QED) is 0.611. The lowest BCUT2D eigenvalue weighted by molar-refractivity contribution is 0.285. The van der Waals surface area contributed by atoms with E-state index < -0.39 is 0 Å². The Morgan fingerprint density at radius 2 is 2.00 bits per heavy atom. The predicted octanol–water partition coefficient (Wildman–Crippen LogP) is 2.89. The Balaban J connectivity index is 2.59. The summed E-state index contributed by atoms with van der Waals surface area (Å²) in [5.41, 5.74) is 1.31. The maximum absolute atomic E-state index is 4.15. The third-order valence-electron chi connectivity index (χ3n) is 3.18. The number of hydrogen-bond donors (Lipinski definition) is 0. The molecule has 0 aromatic heterocycles. The van der Waals surface area contributed by atoms with Gasteiger partial charge < -0.3 is 4.90 Å². The SMILES string of the molecule is C=C(C(C)C)N1CCC(C)C1C. The van der Waals surface area contributed by atoms with E-state index in [1.807, 2.05) is 0 Å². The Morgan fingerprint density at radius 1 is 1.42 bits per heavy atom. The van der Waals surface area contributed by atoms with Gasteiger partial charge in [-0.15, -0.1) is 0 Å². The topological polar surface area (TPSA) is 3.24 Å². The van der Waals surface area contributed by atoms with E-state index in [-0.39, 0.29) is 0 Å². The zero-order chi connectivity index (χ0) is 9.30. The summed E-state index contributed by atoms with van der Waals surface area (Å²) in [6.45, 7) is 14.4. The smallest absolute Gasteiger partial charge is 0.0284 e. The van der Waals surface area contributed by atoms with Crippen molar-refractivity contribution in [2.24, 2.45) is 11.8 Å². The van der Waals surface area contributed by atoms with Crippen molar-refractivity contribution in [1.29, 1.82) is 0 Å². The highest BCUT2D eigenvalue weighted by Crippen LogP contribution is 2.28. The van der Waals surface area contributed by atoms with Crippen LogP contribution in [0.4, 0.5) is 0 Å². The van der Waals surface area contributed by atoms with Gasteiger partial charge >= 0.3 is 0 Å². The van der Waals surface area contributed by atoms with Gasteiger partial charge in [-0.2, -0.15) is 0 Å². The number of rotatable bonds is 2. The molecule has 0 spiro atoms. The summed E-state index contributed by atoms with van der Waals surface area (Å²) in [7, 11) is 0.